The van der Waals surface area contributed by atoms with Gasteiger partial charge in [0.1, 0.15) is 11.6 Å². The summed E-state index contributed by atoms with van der Waals surface area (Å²) in [6.45, 7) is 5.59. The van der Waals surface area contributed by atoms with Crippen LogP contribution in [-0.2, 0) is 18.4 Å². The van der Waals surface area contributed by atoms with Crippen molar-refractivity contribution >= 4 is 22.3 Å². The summed E-state index contributed by atoms with van der Waals surface area (Å²) in [5.74, 6) is 2.21. The van der Waals surface area contributed by atoms with E-state index in [9.17, 15) is 5.26 Å². The van der Waals surface area contributed by atoms with Crippen molar-refractivity contribution in [3.63, 3.8) is 0 Å². The van der Waals surface area contributed by atoms with Gasteiger partial charge in [-0.05, 0) is 57.1 Å². The zero-order valence-corrected chi connectivity index (χ0v) is 22.4. The van der Waals surface area contributed by atoms with Crippen molar-refractivity contribution in [2.24, 2.45) is 0 Å². The second-order valence-corrected chi connectivity index (χ2v) is 11.7. The average Bonchev–Trinajstić information content (AvgIpc) is 3.65. The van der Waals surface area contributed by atoms with E-state index in [1.165, 1.54) is 59.9 Å². The topological polar surface area (TPSA) is 71.3 Å². The molecule has 0 amide bonds. The van der Waals surface area contributed by atoms with Gasteiger partial charge in [0, 0.05) is 60.3 Å². The van der Waals surface area contributed by atoms with Crippen LogP contribution in [0.4, 0.5) is 11.5 Å². The van der Waals surface area contributed by atoms with Crippen LogP contribution >= 0.6 is 0 Å². The van der Waals surface area contributed by atoms with Gasteiger partial charge in [0.2, 0.25) is 0 Å². The standard InChI is InChI=1S/C31H37N7/c1-36-17-5-10-28(36)31(13-14-31)30-34-26-21-37(27-9-4-7-22-6-2-3-8-24(22)27)18-12-25(26)29(35-30)38-19-16-33-23(20-38)11-15-32/h2-4,6-9,23,28,33H,5,10-14,16-21H2,1H3/t23-,28+/m0/s1. The summed E-state index contributed by atoms with van der Waals surface area (Å²) in [7, 11) is 2.28. The van der Waals surface area contributed by atoms with E-state index in [0.717, 1.165) is 50.8 Å². The Morgan fingerprint density at radius 2 is 1.92 bits per heavy atom. The molecule has 1 aliphatic carbocycles. The summed E-state index contributed by atoms with van der Waals surface area (Å²) in [5.41, 5.74) is 3.91. The van der Waals surface area contributed by atoms with E-state index in [0.29, 0.717) is 12.5 Å². The minimum absolute atomic E-state index is 0.0941. The molecule has 3 aromatic rings. The third kappa shape index (κ3) is 4.02. The fourth-order valence-electron chi connectivity index (χ4n) is 7.30. The number of benzene rings is 2. The van der Waals surface area contributed by atoms with Crippen LogP contribution in [0.3, 0.4) is 0 Å². The maximum Gasteiger partial charge on any atom is 0.138 e. The van der Waals surface area contributed by atoms with Gasteiger partial charge in [-0.1, -0.05) is 36.4 Å². The molecule has 4 heterocycles. The number of rotatable bonds is 5. The van der Waals surface area contributed by atoms with Gasteiger partial charge in [0.25, 0.3) is 0 Å². The Kier molecular flexibility index (Phi) is 5.98. The maximum absolute atomic E-state index is 9.34. The fraction of sp³-hybridized carbons (Fsp3) is 0.516. The van der Waals surface area contributed by atoms with Gasteiger partial charge in [0.15, 0.2) is 0 Å². The molecule has 7 rings (SSSR count). The average molecular weight is 508 g/mol. The first-order chi connectivity index (χ1) is 18.7. The van der Waals surface area contributed by atoms with E-state index < -0.39 is 0 Å². The summed E-state index contributed by atoms with van der Waals surface area (Å²) < 4.78 is 0. The Morgan fingerprint density at radius 1 is 1.05 bits per heavy atom. The number of aromatic nitrogens is 2. The zero-order chi connectivity index (χ0) is 25.7. The third-order valence-electron chi connectivity index (χ3n) is 9.44. The van der Waals surface area contributed by atoms with Crippen molar-refractivity contribution in [1.29, 1.82) is 5.26 Å². The highest BCUT2D eigenvalue weighted by atomic mass is 15.3. The van der Waals surface area contributed by atoms with Crippen LogP contribution in [0.2, 0.25) is 0 Å². The van der Waals surface area contributed by atoms with E-state index >= 15 is 0 Å². The van der Waals surface area contributed by atoms with E-state index in [-0.39, 0.29) is 11.5 Å². The van der Waals surface area contributed by atoms with Gasteiger partial charge in [0.05, 0.1) is 24.7 Å². The monoisotopic (exact) mass is 507 g/mol. The lowest BCUT2D eigenvalue weighted by Crippen LogP contribution is -2.51. The molecule has 38 heavy (non-hydrogen) atoms. The lowest BCUT2D eigenvalue weighted by Gasteiger charge is -2.38. The number of anilines is 2. The third-order valence-corrected chi connectivity index (χ3v) is 9.44. The number of nitrogens with one attached hydrogen (secondary N) is 1. The SMILES string of the molecule is CN1CCC[C@@H]1C1(c2nc3c(c(N4CCN[C@@H](CC#N)C4)n2)CCN(c2cccc4ccccc24)C3)CC1. The van der Waals surface area contributed by atoms with Crippen molar-refractivity contribution < 1.29 is 0 Å². The highest BCUT2D eigenvalue weighted by Crippen LogP contribution is 2.54. The molecule has 0 bridgehead atoms. The number of piperazine rings is 1. The summed E-state index contributed by atoms with van der Waals surface area (Å²) in [6, 6.07) is 18.4. The van der Waals surface area contributed by atoms with Crippen LogP contribution in [-0.4, -0.2) is 66.7 Å². The maximum atomic E-state index is 9.34. The molecule has 0 unspecified atom stereocenters. The van der Waals surface area contributed by atoms with Gasteiger partial charge in [-0.3, -0.25) is 0 Å². The van der Waals surface area contributed by atoms with Crippen LogP contribution in [0.15, 0.2) is 42.5 Å². The van der Waals surface area contributed by atoms with Gasteiger partial charge in [-0.15, -0.1) is 0 Å². The number of likely N-dealkylation sites (tertiary alicyclic amines) is 1. The van der Waals surface area contributed by atoms with Crippen LogP contribution in [0, 0.1) is 11.3 Å². The number of likely N-dealkylation sites (N-methyl/N-ethyl adjacent to an activating group) is 1. The molecule has 0 spiro atoms. The van der Waals surface area contributed by atoms with Crippen molar-refractivity contribution in [2.45, 2.75) is 62.6 Å². The number of nitriles is 1. The summed E-state index contributed by atoms with van der Waals surface area (Å²) in [5, 5.41) is 15.5. The molecule has 1 aromatic heterocycles. The van der Waals surface area contributed by atoms with E-state index in [4.69, 9.17) is 9.97 Å². The van der Waals surface area contributed by atoms with Crippen molar-refractivity contribution in [3.05, 3.63) is 59.5 Å². The molecule has 7 nitrogen and oxygen atoms in total. The van der Waals surface area contributed by atoms with Crippen LogP contribution in [0.5, 0.6) is 0 Å². The van der Waals surface area contributed by atoms with Gasteiger partial charge < -0.3 is 20.0 Å². The molecule has 7 heteroatoms. The second-order valence-electron chi connectivity index (χ2n) is 11.7. The number of hydrogen-bond acceptors (Lipinski definition) is 7. The first kappa shape index (κ1) is 23.9. The Bertz CT molecular complexity index is 1390. The van der Waals surface area contributed by atoms with Crippen LogP contribution in [0.25, 0.3) is 10.8 Å². The zero-order valence-electron chi connectivity index (χ0n) is 22.4. The van der Waals surface area contributed by atoms with E-state index in [2.05, 4.69) is 75.6 Å². The Balaban J connectivity index is 1.29. The predicted molar refractivity (Wildman–Crippen MR) is 152 cm³/mol. The second kappa shape index (κ2) is 9.52. The van der Waals surface area contributed by atoms with Crippen molar-refractivity contribution in [1.82, 2.24) is 20.2 Å². The molecule has 2 aromatic carbocycles. The molecular weight excluding hydrogens is 470 g/mol. The van der Waals surface area contributed by atoms with Crippen molar-refractivity contribution in [3.8, 4) is 6.07 Å². The molecule has 0 radical (unpaired) electrons. The van der Waals surface area contributed by atoms with Crippen LogP contribution in [0.1, 0.15) is 49.2 Å². The van der Waals surface area contributed by atoms with Crippen molar-refractivity contribution in [2.75, 3.05) is 49.6 Å². The molecule has 1 saturated carbocycles. The van der Waals surface area contributed by atoms with Crippen LogP contribution < -0.4 is 15.1 Å². The molecular formula is C31H37N7. The summed E-state index contributed by atoms with van der Waals surface area (Å²) in [4.78, 5) is 18.4. The molecule has 196 valence electrons. The quantitative estimate of drug-likeness (QED) is 0.560. The van der Waals surface area contributed by atoms with Gasteiger partial charge in [-0.2, -0.15) is 5.26 Å². The first-order valence-corrected chi connectivity index (χ1v) is 14.3. The smallest absolute Gasteiger partial charge is 0.138 e. The highest BCUT2D eigenvalue weighted by Gasteiger charge is 2.56. The van der Waals surface area contributed by atoms with Gasteiger partial charge in [-0.25, -0.2) is 9.97 Å². The number of hydrogen-bond donors (Lipinski definition) is 1. The summed E-state index contributed by atoms with van der Waals surface area (Å²) in [6.07, 6.45) is 6.35. The lowest BCUT2D eigenvalue weighted by atomic mass is 9.92. The molecule has 2 atom stereocenters. The van der Waals surface area contributed by atoms with Gasteiger partial charge >= 0.3 is 0 Å². The minimum Gasteiger partial charge on any atom is -0.365 e. The lowest BCUT2D eigenvalue weighted by molar-refractivity contribution is 0.251. The Morgan fingerprint density at radius 3 is 2.74 bits per heavy atom. The summed E-state index contributed by atoms with van der Waals surface area (Å²) >= 11 is 0. The largest absolute Gasteiger partial charge is 0.365 e. The van der Waals surface area contributed by atoms with E-state index in [1.54, 1.807) is 0 Å². The molecule has 3 aliphatic heterocycles. The number of fused-ring (bicyclic) bond motifs is 2. The predicted octanol–water partition coefficient (Wildman–Crippen LogP) is 4.01. The molecule has 1 N–H and O–H groups in total. The Hall–Kier alpha value is -3.21. The fourth-order valence-corrected chi connectivity index (χ4v) is 7.30. The number of nitrogens with zero attached hydrogens (tertiary/aromatic N) is 6. The first-order valence-electron chi connectivity index (χ1n) is 14.3. The Labute approximate surface area is 225 Å². The normalized spacial score (nSPS) is 24.8. The molecule has 4 aliphatic rings. The molecule has 3 fully saturated rings. The highest BCUT2D eigenvalue weighted by molar-refractivity contribution is 5.94. The minimum atomic E-state index is 0.0941. The molecule has 2 saturated heterocycles. The van der Waals surface area contributed by atoms with E-state index in [1.807, 2.05) is 0 Å².